The molecule has 2 aliphatic rings. The van der Waals surface area contributed by atoms with E-state index in [1.165, 1.54) is 0 Å². The molecular formula is C19H16N3O2. The molecule has 5 nitrogen and oxygen atoms in total. The molecule has 1 radical (unpaired) electrons. The highest BCUT2D eigenvalue weighted by Crippen LogP contribution is 2.30. The van der Waals surface area contributed by atoms with Crippen molar-refractivity contribution in [2.75, 3.05) is 6.61 Å². The summed E-state index contributed by atoms with van der Waals surface area (Å²) in [5.74, 6) is -0.0916. The van der Waals surface area contributed by atoms with Crippen LogP contribution in [0.2, 0.25) is 0 Å². The van der Waals surface area contributed by atoms with Gasteiger partial charge in [-0.15, -0.1) is 0 Å². The van der Waals surface area contributed by atoms with Crippen LogP contribution < -0.4 is 10.6 Å². The molecule has 0 unspecified atom stereocenters. The van der Waals surface area contributed by atoms with Crippen molar-refractivity contribution >= 4 is 11.6 Å². The highest BCUT2D eigenvalue weighted by atomic mass is 16.5. The number of aromatic nitrogens is 1. The molecule has 0 aliphatic carbocycles. The van der Waals surface area contributed by atoms with Crippen LogP contribution in [0.5, 0.6) is 0 Å². The highest BCUT2D eigenvalue weighted by molar-refractivity contribution is 6.04. The van der Waals surface area contributed by atoms with Crippen molar-refractivity contribution in [2.45, 2.75) is 12.6 Å². The van der Waals surface area contributed by atoms with Gasteiger partial charge >= 0.3 is 0 Å². The summed E-state index contributed by atoms with van der Waals surface area (Å²) in [6.07, 6.45) is 5.27. The Kier molecular flexibility index (Phi) is 3.84. The predicted octanol–water partition coefficient (Wildman–Crippen LogP) is 2.01. The first-order valence-electron chi connectivity index (χ1n) is 7.82. The van der Waals surface area contributed by atoms with Crippen molar-refractivity contribution in [3.05, 3.63) is 83.3 Å². The number of carbonyl (C=O) groups is 1. The fourth-order valence-electron chi connectivity index (χ4n) is 2.84. The second-order valence-corrected chi connectivity index (χ2v) is 5.70. The average molecular weight is 318 g/mol. The van der Waals surface area contributed by atoms with Crippen LogP contribution in [0.4, 0.5) is 0 Å². The molecule has 5 heteroatoms. The lowest BCUT2D eigenvalue weighted by Crippen LogP contribution is -2.35. The van der Waals surface area contributed by atoms with E-state index in [-0.39, 0.29) is 11.9 Å². The average Bonchev–Trinajstić information content (AvgIpc) is 3.18. The Bertz CT molecular complexity index is 813. The first kappa shape index (κ1) is 14.7. The Balaban J connectivity index is 1.41. The summed E-state index contributed by atoms with van der Waals surface area (Å²) in [7, 11) is 0. The van der Waals surface area contributed by atoms with Gasteiger partial charge in [-0.1, -0.05) is 30.3 Å². The van der Waals surface area contributed by atoms with E-state index in [4.69, 9.17) is 4.74 Å². The summed E-state index contributed by atoms with van der Waals surface area (Å²) in [5, 5.41) is 7.55. The van der Waals surface area contributed by atoms with Crippen LogP contribution in [0, 0.1) is 0 Å². The molecule has 0 bridgehead atoms. The number of carbonyl (C=O) groups excluding carboxylic acids is 1. The van der Waals surface area contributed by atoms with Crippen LogP contribution in [0.15, 0.2) is 72.2 Å². The maximum Gasteiger partial charge on any atom is 0.253 e. The predicted molar refractivity (Wildman–Crippen MR) is 89.4 cm³/mol. The van der Waals surface area contributed by atoms with Gasteiger partial charge in [0.2, 0.25) is 0 Å². The second-order valence-electron chi connectivity index (χ2n) is 5.70. The topological polar surface area (TPSA) is 65.3 Å². The largest absolute Gasteiger partial charge is 0.374 e. The van der Waals surface area contributed by atoms with E-state index >= 15 is 0 Å². The van der Waals surface area contributed by atoms with Crippen molar-refractivity contribution in [1.82, 2.24) is 15.6 Å². The van der Waals surface area contributed by atoms with Gasteiger partial charge in [-0.05, 0) is 23.8 Å². The van der Waals surface area contributed by atoms with Gasteiger partial charge in [-0.25, -0.2) is 5.32 Å². The molecular weight excluding hydrogens is 302 g/mol. The van der Waals surface area contributed by atoms with Crippen molar-refractivity contribution in [1.29, 1.82) is 0 Å². The minimum Gasteiger partial charge on any atom is -0.374 e. The van der Waals surface area contributed by atoms with Crippen LogP contribution in [0.3, 0.4) is 0 Å². The molecule has 1 aromatic carbocycles. The molecule has 1 amide bonds. The van der Waals surface area contributed by atoms with Gasteiger partial charge in [-0.2, -0.15) is 0 Å². The number of rotatable bonds is 5. The Morgan fingerprint density at radius 1 is 1.08 bits per heavy atom. The fourth-order valence-corrected chi connectivity index (χ4v) is 2.84. The Labute approximate surface area is 140 Å². The van der Waals surface area contributed by atoms with E-state index < -0.39 is 0 Å². The maximum atomic E-state index is 12.1. The molecule has 0 spiro atoms. The number of amides is 1. The molecule has 0 fully saturated rings. The third-order valence-electron chi connectivity index (χ3n) is 4.05. The summed E-state index contributed by atoms with van der Waals surface area (Å²) in [6, 6.07) is 13.5. The third kappa shape index (κ3) is 2.81. The van der Waals surface area contributed by atoms with Gasteiger partial charge in [0.15, 0.2) is 0 Å². The van der Waals surface area contributed by atoms with Gasteiger partial charge < -0.3 is 10.1 Å². The lowest BCUT2D eigenvalue weighted by molar-refractivity contribution is -0.117. The minimum atomic E-state index is -0.202. The number of hydrogen-bond donors (Lipinski definition) is 1. The SMILES string of the molecule is O=C1N[C@H](COCc2ccccc2)C2=C1C=C(c1ccncc1)[N]2. The summed E-state index contributed by atoms with van der Waals surface area (Å²) >= 11 is 0. The zero-order valence-corrected chi connectivity index (χ0v) is 13.0. The Morgan fingerprint density at radius 2 is 1.88 bits per heavy atom. The number of nitrogens with zero attached hydrogens (tertiary/aromatic N) is 2. The van der Waals surface area contributed by atoms with E-state index in [0.29, 0.717) is 18.8 Å². The highest BCUT2D eigenvalue weighted by Gasteiger charge is 2.36. The quantitative estimate of drug-likeness (QED) is 0.917. The lowest BCUT2D eigenvalue weighted by atomic mass is 10.1. The standard InChI is InChI=1S/C19H16N3O2/c23-19-15-10-16(14-6-8-20-9-7-14)21-18(15)17(22-19)12-24-11-13-4-2-1-3-5-13/h1-10,17H,11-12H2,(H,22,23)/t17-/m1/s1. The van der Waals surface area contributed by atoms with E-state index in [1.807, 2.05) is 48.5 Å². The van der Waals surface area contributed by atoms with E-state index in [1.54, 1.807) is 12.4 Å². The van der Waals surface area contributed by atoms with Crippen molar-refractivity contribution in [3.63, 3.8) is 0 Å². The molecule has 2 aliphatic heterocycles. The number of pyridine rings is 1. The van der Waals surface area contributed by atoms with Gasteiger partial charge in [0.1, 0.15) is 0 Å². The number of ether oxygens (including phenoxy) is 1. The molecule has 3 heterocycles. The minimum absolute atomic E-state index is 0.0916. The molecule has 2 aromatic rings. The third-order valence-corrected chi connectivity index (χ3v) is 4.05. The van der Waals surface area contributed by atoms with Crippen LogP contribution in [-0.4, -0.2) is 23.5 Å². The van der Waals surface area contributed by atoms with Gasteiger partial charge in [0, 0.05) is 18.0 Å². The number of nitrogens with one attached hydrogen (secondary N) is 1. The van der Waals surface area contributed by atoms with E-state index in [0.717, 1.165) is 22.5 Å². The maximum absolute atomic E-state index is 12.1. The fraction of sp³-hybridized carbons (Fsp3) is 0.158. The Morgan fingerprint density at radius 3 is 2.67 bits per heavy atom. The van der Waals surface area contributed by atoms with Crippen LogP contribution >= 0.6 is 0 Å². The summed E-state index contributed by atoms with van der Waals surface area (Å²) in [4.78, 5) is 16.1. The zero-order valence-electron chi connectivity index (χ0n) is 13.0. The normalized spacial score (nSPS) is 18.9. The molecule has 1 N–H and O–H groups in total. The van der Waals surface area contributed by atoms with Crippen molar-refractivity contribution in [2.24, 2.45) is 0 Å². The molecule has 0 saturated heterocycles. The summed E-state index contributed by atoms with van der Waals surface area (Å²) < 4.78 is 5.76. The molecule has 119 valence electrons. The molecule has 1 atom stereocenters. The summed E-state index contributed by atoms with van der Waals surface area (Å²) in [5.41, 5.74) is 4.26. The number of benzene rings is 1. The van der Waals surface area contributed by atoms with Gasteiger partial charge in [-0.3, -0.25) is 9.78 Å². The van der Waals surface area contributed by atoms with E-state index in [9.17, 15) is 4.79 Å². The monoisotopic (exact) mass is 318 g/mol. The molecule has 0 saturated carbocycles. The van der Waals surface area contributed by atoms with E-state index in [2.05, 4.69) is 15.6 Å². The van der Waals surface area contributed by atoms with Crippen LogP contribution in [-0.2, 0) is 16.1 Å². The first-order valence-corrected chi connectivity index (χ1v) is 7.82. The van der Waals surface area contributed by atoms with Gasteiger partial charge in [0.05, 0.1) is 36.2 Å². The molecule has 24 heavy (non-hydrogen) atoms. The molecule has 4 rings (SSSR count). The van der Waals surface area contributed by atoms with Crippen molar-refractivity contribution < 1.29 is 9.53 Å². The Hall–Kier alpha value is -2.92. The van der Waals surface area contributed by atoms with Crippen LogP contribution in [0.25, 0.3) is 5.70 Å². The van der Waals surface area contributed by atoms with Crippen molar-refractivity contribution in [3.8, 4) is 0 Å². The van der Waals surface area contributed by atoms with Gasteiger partial charge in [0.25, 0.3) is 5.91 Å². The summed E-state index contributed by atoms with van der Waals surface area (Å²) in [6.45, 7) is 0.918. The van der Waals surface area contributed by atoms with Crippen LogP contribution in [0.1, 0.15) is 11.1 Å². The lowest BCUT2D eigenvalue weighted by Gasteiger charge is -2.15. The second kappa shape index (κ2) is 6.29. The zero-order chi connectivity index (χ0) is 16.4. The molecule has 1 aromatic heterocycles. The number of hydrogen-bond acceptors (Lipinski definition) is 3. The first-order chi connectivity index (χ1) is 11.8. The smallest absolute Gasteiger partial charge is 0.253 e.